The van der Waals surface area contributed by atoms with Crippen molar-refractivity contribution in [2.24, 2.45) is 0 Å². The van der Waals surface area contributed by atoms with Crippen molar-refractivity contribution in [1.82, 2.24) is 15.3 Å². The van der Waals surface area contributed by atoms with Gasteiger partial charge in [-0.25, -0.2) is 4.98 Å². The van der Waals surface area contributed by atoms with Gasteiger partial charge in [0.2, 0.25) is 0 Å². The van der Waals surface area contributed by atoms with Gasteiger partial charge in [0, 0.05) is 35.6 Å². The maximum atomic E-state index is 12.6. The molecule has 0 unspecified atom stereocenters. The van der Waals surface area contributed by atoms with E-state index >= 15 is 0 Å². The average molecular weight is 356 g/mol. The number of aromatic amines is 1. The van der Waals surface area contributed by atoms with E-state index in [1.165, 1.54) is 6.07 Å². The second-order valence-corrected chi connectivity index (χ2v) is 6.43. The zero-order valence-electron chi connectivity index (χ0n) is 15.4. The lowest BCUT2D eigenvalue weighted by Gasteiger charge is -2.15. The van der Waals surface area contributed by atoms with Crippen molar-refractivity contribution in [3.05, 3.63) is 50.4 Å². The maximum Gasteiger partial charge on any atom is 0.253 e. The predicted molar refractivity (Wildman–Crippen MR) is 103 cm³/mol. The van der Waals surface area contributed by atoms with Crippen LogP contribution >= 0.6 is 0 Å². The van der Waals surface area contributed by atoms with Crippen LogP contribution in [-0.2, 0) is 6.54 Å². The van der Waals surface area contributed by atoms with E-state index in [4.69, 9.17) is 11.1 Å². The Bertz CT molecular complexity index is 901. The number of nitrogens with one attached hydrogen (secondary N) is 4. The summed E-state index contributed by atoms with van der Waals surface area (Å²) in [4.78, 5) is 31.6. The Morgan fingerprint density at radius 1 is 1.38 bits per heavy atom. The summed E-state index contributed by atoms with van der Waals surface area (Å²) in [6.07, 6.45) is 1.07. The minimum absolute atomic E-state index is 0.0627. The molecular weight excluding hydrogens is 332 g/mol. The summed E-state index contributed by atoms with van der Waals surface area (Å²) in [5, 5.41) is 13.4. The number of H-pyrrole nitrogens is 1. The molecule has 0 radical (unpaired) electrons. The van der Waals surface area contributed by atoms with Gasteiger partial charge in [-0.15, -0.1) is 0 Å². The highest BCUT2D eigenvalue weighted by atomic mass is 16.1. The lowest BCUT2D eigenvalue weighted by molar-refractivity contribution is 0.0950. The van der Waals surface area contributed by atoms with Gasteiger partial charge in [0.05, 0.1) is 5.56 Å². The molecule has 1 amide bonds. The van der Waals surface area contributed by atoms with E-state index in [-0.39, 0.29) is 29.5 Å². The molecule has 0 aliphatic rings. The molecular formula is C18H24N6O2. The minimum atomic E-state index is -0.427. The van der Waals surface area contributed by atoms with Gasteiger partial charge in [-0.1, -0.05) is 0 Å². The first-order chi connectivity index (χ1) is 12.2. The summed E-state index contributed by atoms with van der Waals surface area (Å²) in [5.74, 6) is 0.126. The van der Waals surface area contributed by atoms with Crippen molar-refractivity contribution in [3.8, 4) is 0 Å². The largest absolute Gasteiger partial charge is 0.384 e. The van der Waals surface area contributed by atoms with Crippen LogP contribution in [0.4, 0.5) is 11.6 Å². The third-order valence-electron chi connectivity index (χ3n) is 3.81. The van der Waals surface area contributed by atoms with Crippen molar-refractivity contribution >= 4 is 23.8 Å². The number of nitrogen functional groups attached to an aromatic ring is 1. The van der Waals surface area contributed by atoms with Crippen LogP contribution in [0, 0.1) is 19.3 Å². The Morgan fingerprint density at radius 3 is 2.65 bits per heavy atom. The number of aryl methyl sites for hydroxylation is 2. The SMILES string of the molecule is Cc1cc(C)c(CNC(=O)c2cc(N)nc(NC(C)C)c2C=N)c(=O)[nH]1. The number of amides is 1. The summed E-state index contributed by atoms with van der Waals surface area (Å²) in [7, 11) is 0. The topological polar surface area (TPSA) is 137 Å². The van der Waals surface area contributed by atoms with Gasteiger partial charge in [-0.2, -0.15) is 0 Å². The molecule has 0 bridgehead atoms. The summed E-state index contributed by atoms with van der Waals surface area (Å²) in [6, 6.07) is 3.33. The summed E-state index contributed by atoms with van der Waals surface area (Å²) < 4.78 is 0. The first-order valence-electron chi connectivity index (χ1n) is 8.28. The standard InChI is InChI=1S/C18H24N6O2/c1-9(2)22-16-13(7-19)12(6-15(20)24-16)17(25)21-8-14-10(3)5-11(4)23-18(14)26/h5-7,9,19H,8H2,1-4H3,(H,21,25)(H,23,26)(H3,20,22,24). The number of nitrogens with two attached hydrogens (primary N) is 1. The highest BCUT2D eigenvalue weighted by Gasteiger charge is 2.17. The van der Waals surface area contributed by atoms with E-state index < -0.39 is 5.91 Å². The van der Waals surface area contributed by atoms with Crippen LogP contribution in [0.2, 0.25) is 0 Å². The molecule has 138 valence electrons. The Hall–Kier alpha value is -3.16. The van der Waals surface area contributed by atoms with Gasteiger partial charge >= 0.3 is 0 Å². The molecule has 2 heterocycles. The third kappa shape index (κ3) is 4.27. The number of rotatable bonds is 6. The second-order valence-electron chi connectivity index (χ2n) is 6.43. The van der Waals surface area contributed by atoms with Crippen LogP contribution in [-0.4, -0.2) is 28.1 Å². The highest BCUT2D eigenvalue weighted by Crippen LogP contribution is 2.20. The van der Waals surface area contributed by atoms with Gasteiger partial charge in [0.25, 0.3) is 11.5 Å². The minimum Gasteiger partial charge on any atom is -0.384 e. The Morgan fingerprint density at radius 2 is 2.08 bits per heavy atom. The number of anilines is 2. The number of hydrogen-bond donors (Lipinski definition) is 5. The van der Waals surface area contributed by atoms with Crippen LogP contribution in [0.5, 0.6) is 0 Å². The molecule has 0 aromatic carbocycles. The molecule has 2 rings (SSSR count). The van der Waals surface area contributed by atoms with Gasteiger partial charge in [0.15, 0.2) is 0 Å². The molecule has 0 saturated heterocycles. The summed E-state index contributed by atoms with van der Waals surface area (Å²) >= 11 is 0. The van der Waals surface area contributed by atoms with Crippen LogP contribution in [0.15, 0.2) is 16.9 Å². The number of pyridine rings is 2. The van der Waals surface area contributed by atoms with Gasteiger partial charge < -0.3 is 26.8 Å². The predicted octanol–water partition coefficient (Wildman–Crippen LogP) is 1.72. The lowest BCUT2D eigenvalue weighted by atomic mass is 10.1. The number of nitrogens with zero attached hydrogens (tertiary/aromatic N) is 1. The van der Waals surface area contributed by atoms with Crippen molar-refractivity contribution in [2.45, 2.75) is 40.3 Å². The van der Waals surface area contributed by atoms with E-state index in [2.05, 4.69) is 20.6 Å². The van der Waals surface area contributed by atoms with E-state index in [1.54, 1.807) is 6.92 Å². The fourth-order valence-corrected chi connectivity index (χ4v) is 2.66. The maximum absolute atomic E-state index is 12.6. The van der Waals surface area contributed by atoms with Crippen molar-refractivity contribution < 1.29 is 4.79 Å². The van der Waals surface area contributed by atoms with Crippen LogP contribution < -0.4 is 21.9 Å². The van der Waals surface area contributed by atoms with Crippen molar-refractivity contribution in [1.29, 1.82) is 5.41 Å². The Kier molecular flexibility index (Phi) is 5.76. The number of aromatic nitrogens is 2. The smallest absolute Gasteiger partial charge is 0.253 e. The van der Waals surface area contributed by atoms with Crippen LogP contribution in [0.25, 0.3) is 0 Å². The molecule has 2 aromatic heterocycles. The quantitative estimate of drug-likeness (QED) is 0.502. The Labute approximate surface area is 151 Å². The number of carbonyl (C=O) groups is 1. The summed E-state index contributed by atoms with van der Waals surface area (Å²) in [6.45, 7) is 7.54. The number of hydrogen-bond acceptors (Lipinski definition) is 6. The molecule has 0 atom stereocenters. The van der Waals surface area contributed by atoms with Crippen LogP contribution in [0.1, 0.15) is 46.6 Å². The fraction of sp³-hybridized carbons (Fsp3) is 0.333. The molecule has 0 fully saturated rings. The molecule has 0 aliphatic carbocycles. The van der Waals surface area contributed by atoms with E-state index in [1.807, 2.05) is 26.8 Å². The average Bonchev–Trinajstić information content (AvgIpc) is 2.52. The van der Waals surface area contributed by atoms with Crippen LogP contribution in [0.3, 0.4) is 0 Å². The monoisotopic (exact) mass is 356 g/mol. The molecule has 0 aliphatic heterocycles. The zero-order valence-corrected chi connectivity index (χ0v) is 15.4. The highest BCUT2D eigenvalue weighted by molar-refractivity contribution is 6.05. The zero-order chi connectivity index (χ0) is 19.4. The second kappa shape index (κ2) is 7.81. The molecule has 6 N–H and O–H groups in total. The van der Waals surface area contributed by atoms with E-state index in [9.17, 15) is 9.59 Å². The molecule has 8 nitrogen and oxygen atoms in total. The number of carbonyl (C=O) groups excluding carboxylic acids is 1. The first kappa shape index (κ1) is 19.2. The van der Waals surface area contributed by atoms with Gasteiger partial charge in [-0.3, -0.25) is 9.59 Å². The molecule has 26 heavy (non-hydrogen) atoms. The van der Waals surface area contributed by atoms with E-state index in [0.29, 0.717) is 16.9 Å². The third-order valence-corrected chi connectivity index (χ3v) is 3.81. The molecule has 8 heteroatoms. The Balaban J connectivity index is 2.31. The molecule has 0 spiro atoms. The van der Waals surface area contributed by atoms with Crippen molar-refractivity contribution in [3.63, 3.8) is 0 Å². The van der Waals surface area contributed by atoms with Gasteiger partial charge in [-0.05, 0) is 45.4 Å². The molecule has 2 aromatic rings. The van der Waals surface area contributed by atoms with Gasteiger partial charge in [0.1, 0.15) is 11.6 Å². The normalized spacial score (nSPS) is 10.7. The lowest BCUT2D eigenvalue weighted by Crippen LogP contribution is -2.29. The van der Waals surface area contributed by atoms with E-state index in [0.717, 1.165) is 17.5 Å². The fourth-order valence-electron chi connectivity index (χ4n) is 2.66. The first-order valence-corrected chi connectivity index (χ1v) is 8.28. The molecule has 0 saturated carbocycles. The van der Waals surface area contributed by atoms with Crippen molar-refractivity contribution in [2.75, 3.05) is 11.1 Å². The summed E-state index contributed by atoms with van der Waals surface area (Å²) in [5.41, 5.74) is 8.21.